The number of hydrogen-bond donors (Lipinski definition) is 2. The molecule has 0 unspecified atom stereocenters. The van der Waals surface area contributed by atoms with Crippen LogP contribution in [0.25, 0.3) is 0 Å². The largest absolute Gasteiger partial charge is 0.416 e. The molecule has 0 atom stereocenters. The number of rotatable bonds is 5. The lowest BCUT2D eigenvalue weighted by Gasteiger charge is -2.22. The van der Waals surface area contributed by atoms with Crippen molar-refractivity contribution in [3.8, 4) is 0 Å². The van der Waals surface area contributed by atoms with Crippen LogP contribution in [-0.4, -0.2) is 41.0 Å². The molecule has 0 aromatic heterocycles. The molecule has 8 heteroatoms. The van der Waals surface area contributed by atoms with Crippen LogP contribution in [-0.2, 0) is 11.0 Å². The van der Waals surface area contributed by atoms with E-state index in [4.69, 9.17) is 5.11 Å². The van der Waals surface area contributed by atoms with Gasteiger partial charge in [-0.25, -0.2) is 0 Å². The summed E-state index contributed by atoms with van der Waals surface area (Å²) >= 11 is 0. The molecule has 2 N–H and O–H groups in total. The van der Waals surface area contributed by atoms with Crippen molar-refractivity contribution in [2.24, 2.45) is 0 Å². The molecule has 5 nitrogen and oxygen atoms in total. The molecule has 1 aromatic rings. The lowest BCUT2D eigenvalue weighted by Crippen LogP contribution is -2.35. The fourth-order valence-electron chi connectivity index (χ4n) is 2.30. The molecule has 0 heterocycles. The van der Waals surface area contributed by atoms with Gasteiger partial charge in [0.25, 0.3) is 5.91 Å². The van der Waals surface area contributed by atoms with Crippen molar-refractivity contribution in [1.82, 2.24) is 4.90 Å². The molecule has 0 saturated heterocycles. The molecule has 0 aliphatic heterocycles. The summed E-state index contributed by atoms with van der Waals surface area (Å²) in [5.41, 5.74) is -1.26. The molecule has 0 spiro atoms. The highest BCUT2D eigenvalue weighted by Gasteiger charge is 2.35. The molecule has 126 valence electrons. The first-order valence-electron chi connectivity index (χ1n) is 7.14. The van der Waals surface area contributed by atoms with E-state index in [2.05, 4.69) is 5.32 Å². The van der Waals surface area contributed by atoms with Crippen LogP contribution in [0.1, 0.15) is 35.7 Å². The number of nitrogens with zero attached hydrogens (tertiary/aromatic N) is 1. The van der Waals surface area contributed by atoms with Gasteiger partial charge in [0.15, 0.2) is 0 Å². The summed E-state index contributed by atoms with van der Waals surface area (Å²) in [6.45, 7) is 0.971. The van der Waals surface area contributed by atoms with Crippen LogP contribution in [0.15, 0.2) is 18.2 Å². The Morgan fingerprint density at radius 2 is 1.96 bits per heavy atom. The highest BCUT2D eigenvalue weighted by Crippen LogP contribution is 2.33. The molecule has 0 radical (unpaired) electrons. The van der Waals surface area contributed by atoms with Crippen molar-refractivity contribution in [2.45, 2.75) is 32.0 Å². The summed E-state index contributed by atoms with van der Waals surface area (Å²) in [7, 11) is 0. The van der Waals surface area contributed by atoms with Crippen LogP contribution >= 0.6 is 0 Å². The summed E-state index contributed by atoms with van der Waals surface area (Å²) < 4.78 is 39.0. The van der Waals surface area contributed by atoms with E-state index < -0.39 is 23.6 Å². The van der Waals surface area contributed by atoms with Crippen LogP contribution in [0, 0.1) is 0 Å². The number of anilines is 1. The molecule has 1 saturated carbocycles. The monoisotopic (exact) mass is 330 g/mol. The first-order valence-corrected chi connectivity index (χ1v) is 7.14. The fraction of sp³-hybridized carbons (Fsp3) is 0.467. The van der Waals surface area contributed by atoms with Crippen molar-refractivity contribution in [2.75, 3.05) is 18.5 Å². The lowest BCUT2D eigenvalue weighted by atomic mass is 10.1. The molecular weight excluding hydrogens is 313 g/mol. The minimum atomic E-state index is -4.63. The van der Waals surface area contributed by atoms with E-state index in [0.717, 1.165) is 25.0 Å². The van der Waals surface area contributed by atoms with Gasteiger partial charge in [0.1, 0.15) is 0 Å². The summed E-state index contributed by atoms with van der Waals surface area (Å²) in [5, 5.41) is 11.3. The number of alkyl halides is 3. The number of halogens is 3. The van der Waals surface area contributed by atoms with E-state index in [-0.39, 0.29) is 30.4 Å². The number of aliphatic hydroxyl groups is 1. The summed E-state index contributed by atoms with van der Waals surface area (Å²) in [6, 6.07) is 2.71. The van der Waals surface area contributed by atoms with Gasteiger partial charge in [0.2, 0.25) is 5.91 Å². The molecule has 1 aliphatic carbocycles. The van der Waals surface area contributed by atoms with Crippen LogP contribution < -0.4 is 5.32 Å². The Morgan fingerprint density at radius 3 is 2.43 bits per heavy atom. The summed E-state index contributed by atoms with van der Waals surface area (Å²) in [6.07, 6.45) is -3.10. The van der Waals surface area contributed by atoms with Crippen LogP contribution in [0.3, 0.4) is 0 Å². The second kappa shape index (κ2) is 6.57. The Kier molecular flexibility index (Phi) is 4.93. The fourth-order valence-corrected chi connectivity index (χ4v) is 2.30. The van der Waals surface area contributed by atoms with Gasteiger partial charge < -0.3 is 15.3 Å². The lowest BCUT2D eigenvalue weighted by molar-refractivity contribution is -0.137. The SMILES string of the molecule is CC(=O)Nc1cc(C(=O)N(CCO)C2CC2)cc(C(F)(F)F)c1. The zero-order valence-corrected chi connectivity index (χ0v) is 12.5. The Hall–Kier alpha value is -2.09. The number of carbonyl (C=O) groups excluding carboxylic acids is 2. The van der Waals surface area contributed by atoms with E-state index >= 15 is 0 Å². The van der Waals surface area contributed by atoms with Crippen molar-refractivity contribution in [1.29, 1.82) is 0 Å². The Bertz CT molecular complexity index is 612. The maximum atomic E-state index is 13.0. The second-order valence-electron chi connectivity index (χ2n) is 5.43. The highest BCUT2D eigenvalue weighted by atomic mass is 19.4. The minimum Gasteiger partial charge on any atom is -0.395 e. The topological polar surface area (TPSA) is 69.6 Å². The minimum absolute atomic E-state index is 0.0478. The number of nitrogens with one attached hydrogen (secondary N) is 1. The smallest absolute Gasteiger partial charge is 0.395 e. The zero-order valence-electron chi connectivity index (χ0n) is 12.5. The van der Waals surface area contributed by atoms with Gasteiger partial charge >= 0.3 is 6.18 Å². The highest BCUT2D eigenvalue weighted by molar-refractivity contribution is 5.97. The average molecular weight is 330 g/mol. The summed E-state index contributed by atoms with van der Waals surface area (Å²) in [4.78, 5) is 24.9. The van der Waals surface area contributed by atoms with Crippen LogP contribution in [0.4, 0.5) is 18.9 Å². The van der Waals surface area contributed by atoms with Crippen molar-refractivity contribution in [3.63, 3.8) is 0 Å². The first kappa shape index (κ1) is 17.3. The van der Waals surface area contributed by atoms with Gasteiger partial charge in [-0.2, -0.15) is 13.2 Å². The quantitative estimate of drug-likeness (QED) is 0.870. The van der Waals surface area contributed by atoms with Gasteiger partial charge in [0, 0.05) is 30.8 Å². The average Bonchev–Trinajstić information content (AvgIpc) is 3.26. The number of aliphatic hydroxyl groups excluding tert-OH is 1. The second-order valence-corrected chi connectivity index (χ2v) is 5.43. The number of hydrogen-bond acceptors (Lipinski definition) is 3. The van der Waals surface area contributed by atoms with E-state index in [1.807, 2.05) is 0 Å². The maximum Gasteiger partial charge on any atom is 0.416 e. The third kappa shape index (κ3) is 4.44. The van der Waals surface area contributed by atoms with E-state index in [0.29, 0.717) is 0 Å². The Balaban J connectivity index is 2.38. The predicted octanol–water partition coefficient (Wildman–Crippen LogP) is 2.26. The molecule has 1 fully saturated rings. The summed E-state index contributed by atoms with van der Waals surface area (Å²) in [5.74, 6) is -1.11. The normalized spacial score (nSPS) is 14.5. The third-order valence-corrected chi connectivity index (χ3v) is 3.42. The standard InChI is InChI=1S/C15H17F3N2O3/c1-9(22)19-12-7-10(6-11(8-12)15(16,17)18)14(23)20(4-5-21)13-2-3-13/h6-8,13,21H,2-5H2,1H3,(H,19,22). The number of benzene rings is 1. The van der Waals surface area contributed by atoms with Gasteiger partial charge in [-0.1, -0.05) is 0 Å². The van der Waals surface area contributed by atoms with Gasteiger partial charge in [-0.05, 0) is 31.0 Å². The maximum absolute atomic E-state index is 13.0. The van der Waals surface area contributed by atoms with Gasteiger partial charge in [0.05, 0.1) is 12.2 Å². The van der Waals surface area contributed by atoms with E-state index in [1.165, 1.54) is 17.9 Å². The number of carbonyl (C=O) groups is 2. The van der Waals surface area contributed by atoms with Crippen molar-refractivity contribution in [3.05, 3.63) is 29.3 Å². The predicted molar refractivity (Wildman–Crippen MR) is 76.9 cm³/mol. The molecular formula is C15H17F3N2O3. The number of amides is 2. The van der Waals surface area contributed by atoms with E-state index in [9.17, 15) is 22.8 Å². The van der Waals surface area contributed by atoms with Crippen LogP contribution in [0.5, 0.6) is 0 Å². The van der Waals surface area contributed by atoms with E-state index in [1.54, 1.807) is 0 Å². The van der Waals surface area contributed by atoms with Crippen molar-refractivity contribution >= 4 is 17.5 Å². The van der Waals surface area contributed by atoms with Gasteiger partial charge in [-0.15, -0.1) is 0 Å². The Labute approximate surface area is 131 Å². The molecule has 0 bridgehead atoms. The molecule has 2 rings (SSSR count). The molecule has 1 aliphatic rings. The first-order chi connectivity index (χ1) is 10.7. The Morgan fingerprint density at radius 1 is 1.30 bits per heavy atom. The molecule has 1 aromatic carbocycles. The molecule has 2 amide bonds. The molecule has 23 heavy (non-hydrogen) atoms. The van der Waals surface area contributed by atoms with Crippen molar-refractivity contribution < 1.29 is 27.9 Å². The third-order valence-electron chi connectivity index (χ3n) is 3.42. The van der Waals surface area contributed by atoms with Crippen LogP contribution in [0.2, 0.25) is 0 Å². The zero-order chi connectivity index (χ0) is 17.2. The van der Waals surface area contributed by atoms with Gasteiger partial charge in [-0.3, -0.25) is 9.59 Å².